The summed E-state index contributed by atoms with van der Waals surface area (Å²) >= 11 is 0. The summed E-state index contributed by atoms with van der Waals surface area (Å²) < 4.78 is 32.3. The molecule has 0 saturated carbocycles. The van der Waals surface area contributed by atoms with E-state index in [2.05, 4.69) is 4.98 Å². The summed E-state index contributed by atoms with van der Waals surface area (Å²) in [5.41, 5.74) is 0.644. The van der Waals surface area contributed by atoms with Gasteiger partial charge in [-0.1, -0.05) is 0 Å². The fourth-order valence-electron chi connectivity index (χ4n) is 3.39. The van der Waals surface area contributed by atoms with Crippen molar-refractivity contribution in [2.45, 2.75) is 31.6 Å². The van der Waals surface area contributed by atoms with Gasteiger partial charge in [0, 0.05) is 32.2 Å². The van der Waals surface area contributed by atoms with Gasteiger partial charge in [-0.25, -0.2) is 13.2 Å². The van der Waals surface area contributed by atoms with Gasteiger partial charge in [0.2, 0.25) is 15.9 Å². The van der Waals surface area contributed by atoms with Gasteiger partial charge in [-0.05, 0) is 38.8 Å². The van der Waals surface area contributed by atoms with Crippen molar-refractivity contribution in [3.63, 3.8) is 0 Å². The number of aromatic amines is 1. The van der Waals surface area contributed by atoms with Crippen LogP contribution in [0.5, 0.6) is 0 Å². The number of carbonyl (C=O) groups excluding carboxylic acids is 1. The van der Waals surface area contributed by atoms with Crippen molar-refractivity contribution in [1.82, 2.24) is 14.2 Å². The summed E-state index contributed by atoms with van der Waals surface area (Å²) in [6, 6.07) is 4.30. The lowest BCUT2D eigenvalue weighted by Crippen LogP contribution is -2.46. The van der Waals surface area contributed by atoms with Crippen LogP contribution >= 0.6 is 0 Å². The standard InChI is InChI=1S/C17H23N3O5S/c1-3-19(4-2)16(21)12-6-5-9-20(11-12)26(23,24)13-7-8-14-15(10-13)25-17(22)18-14/h7-8,10,12H,3-6,9,11H2,1-2H3,(H,18,22). The molecule has 1 aromatic carbocycles. The Labute approximate surface area is 151 Å². The van der Waals surface area contributed by atoms with Crippen LogP contribution in [-0.4, -0.2) is 54.7 Å². The van der Waals surface area contributed by atoms with Gasteiger partial charge in [0.05, 0.1) is 16.3 Å². The third kappa shape index (κ3) is 3.41. The Kier molecular flexibility index (Phi) is 5.19. The zero-order chi connectivity index (χ0) is 18.9. The topological polar surface area (TPSA) is 104 Å². The lowest BCUT2D eigenvalue weighted by Gasteiger charge is -2.33. The number of hydrogen-bond acceptors (Lipinski definition) is 5. The van der Waals surface area contributed by atoms with Crippen molar-refractivity contribution in [1.29, 1.82) is 0 Å². The largest absolute Gasteiger partial charge is 0.417 e. The Bertz CT molecular complexity index is 958. The van der Waals surface area contributed by atoms with Crippen LogP contribution in [-0.2, 0) is 14.8 Å². The Morgan fingerprint density at radius 3 is 2.77 bits per heavy atom. The van der Waals surface area contributed by atoms with Crippen LogP contribution in [0.1, 0.15) is 26.7 Å². The van der Waals surface area contributed by atoms with E-state index in [4.69, 9.17) is 4.42 Å². The van der Waals surface area contributed by atoms with Gasteiger partial charge in [0.1, 0.15) is 0 Å². The first-order valence-corrected chi connectivity index (χ1v) is 10.2. The lowest BCUT2D eigenvalue weighted by atomic mass is 9.98. The first kappa shape index (κ1) is 18.7. The summed E-state index contributed by atoms with van der Waals surface area (Å²) in [6.45, 7) is 5.60. The van der Waals surface area contributed by atoms with E-state index in [0.717, 1.165) is 0 Å². The highest BCUT2D eigenvalue weighted by atomic mass is 32.2. The first-order chi connectivity index (χ1) is 12.4. The monoisotopic (exact) mass is 381 g/mol. The van der Waals surface area contributed by atoms with Crippen molar-refractivity contribution in [2.75, 3.05) is 26.2 Å². The molecule has 3 rings (SSSR count). The Morgan fingerprint density at radius 1 is 1.35 bits per heavy atom. The second-order valence-electron chi connectivity index (χ2n) is 6.39. The summed E-state index contributed by atoms with van der Waals surface area (Å²) in [6.07, 6.45) is 1.32. The molecule has 1 amide bonds. The second kappa shape index (κ2) is 7.24. The van der Waals surface area contributed by atoms with Gasteiger partial charge in [0.15, 0.2) is 5.58 Å². The number of oxazole rings is 1. The number of carbonyl (C=O) groups is 1. The molecule has 0 aliphatic carbocycles. The minimum absolute atomic E-state index is 0.00184. The van der Waals surface area contributed by atoms with Crippen LogP contribution in [0, 0.1) is 5.92 Å². The van der Waals surface area contributed by atoms with Crippen LogP contribution in [0.15, 0.2) is 32.3 Å². The predicted octanol–water partition coefficient (Wildman–Crippen LogP) is 1.39. The average molecular weight is 381 g/mol. The van der Waals surface area contributed by atoms with E-state index < -0.39 is 15.8 Å². The summed E-state index contributed by atoms with van der Waals surface area (Å²) in [7, 11) is -3.76. The third-order valence-corrected chi connectivity index (χ3v) is 6.70. The number of rotatable bonds is 5. The molecule has 0 bridgehead atoms. The van der Waals surface area contributed by atoms with Crippen LogP contribution in [0.25, 0.3) is 11.1 Å². The smallest absolute Gasteiger partial charge is 0.408 e. The number of nitrogens with zero attached hydrogens (tertiary/aromatic N) is 2. The number of benzene rings is 1. The molecule has 1 atom stereocenters. The van der Waals surface area contributed by atoms with Crippen molar-refractivity contribution in [3.05, 3.63) is 28.7 Å². The second-order valence-corrected chi connectivity index (χ2v) is 8.32. The van der Waals surface area contributed by atoms with Gasteiger partial charge in [-0.2, -0.15) is 4.31 Å². The summed E-state index contributed by atoms with van der Waals surface area (Å²) in [4.78, 5) is 28.1. The minimum Gasteiger partial charge on any atom is -0.408 e. The number of H-pyrrole nitrogens is 1. The number of piperidine rings is 1. The van der Waals surface area contributed by atoms with E-state index in [-0.39, 0.29) is 28.8 Å². The van der Waals surface area contributed by atoms with Crippen LogP contribution in [0.4, 0.5) is 0 Å². The van der Waals surface area contributed by atoms with E-state index in [0.29, 0.717) is 38.0 Å². The molecule has 1 fully saturated rings. The van der Waals surface area contributed by atoms with Crippen molar-refractivity contribution < 1.29 is 17.6 Å². The average Bonchev–Trinajstić information content (AvgIpc) is 3.02. The first-order valence-electron chi connectivity index (χ1n) is 8.78. The number of hydrogen-bond donors (Lipinski definition) is 1. The summed E-state index contributed by atoms with van der Waals surface area (Å²) in [5, 5.41) is 0. The normalized spacial score (nSPS) is 18.9. The number of aromatic nitrogens is 1. The highest BCUT2D eigenvalue weighted by Crippen LogP contribution is 2.26. The fourth-order valence-corrected chi connectivity index (χ4v) is 4.93. The molecular formula is C17H23N3O5S. The molecule has 1 aliphatic rings. The molecule has 1 saturated heterocycles. The number of sulfonamides is 1. The molecule has 142 valence electrons. The fraction of sp³-hybridized carbons (Fsp3) is 0.529. The predicted molar refractivity (Wildman–Crippen MR) is 96.2 cm³/mol. The maximum Gasteiger partial charge on any atom is 0.417 e. The molecule has 2 heterocycles. The van der Waals surface area contributed by atoms with E-state index >= 15 is 0 Å². The SMILES string of the molecule is CCN(CC)C(=O)C1CCCN(S(=O)(=O)c2ccc3[nH]c(=O)oc3c2)C1. The number of amides is 1. The van der Waals surface area contributed by atoms with Crippen molar-refractivity contribution in [3.8, 4) is 0 Å². The highest BCUT2D eigenvalue weighted by molar-refractivity contribution is 7.89. The lowest BCUT2D eigenvalue weighted by molar-refractivity contribution is -0.136. The number of fused-ring (bicyclic) bond motifs is 1. The molecule has 1 aromatic heterocycles. The van der Waals surface area contributed by atoms with Crippen LogP contribution < -0.4 is 5.76 Å². The zero-order valence-corrected chi connectivity index (χ0v) is 15.7. The molecule has 0 radical (unpaired) electrons. The van der Waals surface area contributed by atoms with Gasteiger partial charge in [-0.3, -0.25) is 9.78 Å². The van der Waals surface area contributed by atoms with Gasteiger partial charge in [-0.15, -0.1) is 0 Å². The van der Waals surface area contributed by atoms with E-state index in [1.54, 1.807) is 4.90 Å². The van der Waals surface area contributed by atoms with E-state index in [1.165, 1.54) is 22.5 Å². The molecule has 1 N–H and O–H groups in total. The third-order valence-electron chi connectivity index (χ3n) is 4.84. The van der Waals surface area contributed by atoms with Gasteiger partial charge < -0.3 is 9.32 Å². The van der Waals surface area contributed by atoms with Gasteiger partial charge >= 0.3 is 5.76 Å². The van der Waals surface area contributed by atoms with Crippen LogP contribution in [0.2, 0.25) is 0 Å². The maximum atomic E-state index is 13.0. The molecular weight excluding hydrogens is 358 g/mol. The zero-order valence-electron chi connectivity index (χ0n) is 14.9. The molecule has 8 nitrogen and oxygen atoms in total. The maximum absolute atomic E-state index is 13.0. The molecule has 1 unspecified atom stereocenters. The highest BCUT2D eigenvalue weighted by Gasteiger charge is 2.34. The molecule has 1 aliphatic heterocycles. The molecule has 9 heteroatoms. The molecule has 2 aromatic rings. The van der Waals surface area contributed by atoms with Gasteiger partial charge in [0.25, 0.3) is 0 Å². The molecule has 26 heavy (non-hydrogen) atoms. The molecule has 0 spiro atoms. The van der Waals surface area contributed by atoms with E-state index in [9.17, 15) is 18.0 Å². The van der Waals surface area contributed by atoms with Crippen molar-refractivity contribution >= 4 is 27.0 Å². The Hall–Kier alpha value is -2.13. The minimum atomic E-state index is -3.76. The Balaban J connectivity index is 1.85. The van der Waals surface area contributed by atoms with E-state index in [1.807, 2.05) is 13.8 Å². The van der Waals surface area contributed by atoms with Crippen LogP contribution in [0.3, 0.4) is 0 Å². The summed E-state index contributed by atoms with van der Waals surface area (Å²) in [5.74, 6) is -0.952. The quantitative estimate of drug-likeness (QED) is 0.843. The number of nitrogens with one attached hydrogen (secondary N) is 1. The van der Waals surface area contributed by atoms with Crippen molar-refractivity contribution in [2.24, 2.45) is 5.92 Å². The Morgan fingerprint density at radius 2 is 2.08 bits per heavy atom.